The molecule has 2 atom stereocenters. The van der Waals surface area contributed by atoms with E-state index in [0.29, 0.717) is 42.0 Å². The highest BCUT2D eigenvalue weighted by atomic mass is 32.2. The Morgan fingerprint density at radius 2 is 1.72 bits per heavy atom. The number of benzene rings is 2. The lowest BCUT2D eigenvalue weighted by Gasteiger charge is -2.24. The summed E-state index contributed by atoms with van der Waals surface area (Å²) in [6.45, 7) is 0.527. The molecule has 0 aliphatic carbocycles. The van der Waals surface area contributed by atoms with Crippen LogP contribution in [0.2, 0.25) is 0 Å². The molecule has 2 aromatic rings. The minimum atomic E-state index is -0.546. The summed E-state index contributed by atoms with van der Waals surface area (Å²) >= 11 is 1.55. The third-order valence-corrected chi connectivity index (χ3v) is 7.03. The average Bonchev–Trinajstić information content (AvgIpc) is 3.38. The first-order valence-electron chi connectivity index (χ1n) is 10.6. The van der Waals surface area contributed by atoms with Gasteiger partial charge in [-0.1, -0.05) is 36.4 Å². The lowest BCUT2D eigenvalue weighted by molar-refractivity contribution is -0.136. The van der Waals surface area contributed by atoms with Crippen LogP contribution >= 0.6 is 11.8 Å². The van der Waals surface area contributed by atoms with Gasteiger partial charge in [0.05, 0.1) is 12.6 Å². The first kappa shape index (κ1) is 22.1. The van der Waals surface area contributed by atoms with Crippen molar-refractivity contribution in [2.75, 3.05) is 18.8 Å². The van der Waals surface area contributed by atoms with Crippen molar-refractivity contribution in [3.63, 3.8) is 0 Å². The summed E-state index contributed by atoms with van der Waals surface area (Å²) in [5.74, 6) is 0.375. The third kappa shape index (κ3) is 4.41. The van der Waals surface area contributed by atoms with Gasteiger partial charge in [-0.3, -0.25) is 19.2 Å². The highest BCUT2D eigenvalue weighted by Crippen LogP contribution is 2.31. The number of Topliss-reactive ketones (excluding diaryl/α,β-unsaturated/α-hetero) is 1. The second kappa shape index (κ2) is 9.56. The molecule has 7 nitrogen and oxygen atoms in total. The van der Waals surface area contributed by atoms with Crippen LogP contribution < -0.4 is 5.73 Å². The van der Waals surface area contributed by atoms with Crippen LogP contribution in [0.25, 0.3) is 0 Å². The second-order valence-corrected chi connectivity index (χ2v) is 9.08. The zero-order valence-corrected chi connectivity index (χ0v) is 18.4. The van der Waals surface area contributed by atoms with Gasteiger partial charge in [-0.2, -0.15) is 11.8 Å². The van der Waals surface area contributed by atoms with Gasteiger partial charge in [-0.15, -0.1) is 0 Å². The first-order chi connectivity index (χ1) is 15.5. The normalized spacial score (nSPS) is 19.8. The Kier molecular flexibility index (Phi) is 6.60. The highest BCUT2D eigenvalue weighted by Gasteiger charge is 2.51. The predicted molar refractivity (Wildman–Crippen MR) is 122 cm³/mol. The second-order valence-electron chi connectivity index (χ2n) is 7.98. The van der Waals surface area contributed by atoms with Crippen LogP contribution in [0.15, 0.2) is 54.6 Å². The molecule has 0 saturated carbocycles. The maximum Gasteiger partial charge on any atom is 0.254 e. The Morgan fingerprint density at radius 3 is 2.47 bits per heavy atom. The van der Waals surface area contributed by atoms with Crippen LogP contribution in [0.5, 0.6) is 0 Å². The number of hydrogen-bond donors (Lipinski definition) is 1. The molecule has 2 unspecified atom stereocenters. The SMILES string of the molecule is NC(=O)c1ccccc1CSCCC(=O)N1CCC2C1C(=O)CN2C(=O)c1ccccc1. The number of nitrogens with zero attached hydrogens (tertiary/aromatic N) is 2. The molecule has 2 heterocycles. The van der Waals surface area contributed by atoms with Gasteiger partial charge >= 0.3 is 0 Å². The van der Waals surface area contributed by atoms with Crippen molar-refractivity contribution in [3.05, 3.63) is 71.3 Å². The van der Waals surface area contributed by atoms with E-state index in [1.54, 1.807) is 58.0 Å². The summed E-state index contributed by atoms with van der Waals surface area (Å²) in [5.41, 5.74) is 7.31. The van der Waals surface area contributed by atoms with E-state index in [0.717, 1.165) is 5.56 Å². The number of nitrogens with two attached hydrogens (primary N) is 1. The standard InChI is InChI=1S/C24H25N3O4S/c25-23(30)18-9-5-4-8-17(18)15-32-13-11-21(29)26-12-10-19-22(26)20(28)14-27(19)24(31)16-6-2-1-3-7-16/h1-9,19,22H,10-15H2,(H2,25,30). The van der Waals surface area contributed by atoms with Gasteiger partial charge in [-0.05, 0) is 30.2 Å². The van der Waals surface area contributed by atoms with Crippen molar-refractivity contribution < 1.29 is 19.2 Å². The van der Waals surface area contributed by atoms with Crippen LogP contribution in [-0.4, -0.2) is 64.2 Å². The molecule has 166 valence electrons. The number of primary amides is 1. The van der Waals surface area contributed by atoms with E-state index in [2.05, 4.69) is 0 Å². The average molecular weight is 452 g/mol. The molecule has 2 aliphatic rings. The van der Waals surface area contributed by atoms with E-state index in [4.69, 9.17) is 5.73 Å². The monoisotopic (exact) mass is 451 g/mol. The Hall–Kier alpha value is -3.13. The van der Waals surface area contributed by atoms with Crippen LogP contribution in [0.3, 0.4) is 0 Å². The summed E-state index contributed by atoms with van der Waals surface area (Å²) in [6.07, 6.45) is 0.909. The van der Waals surface area contributed by atoms with E-state index in [1.165, 1.54) is 0 Å². The molecule has 2 aliphatic heterocycles. The van der Waals surface area contributed by atoms with E-state index in [9.17, 15) is 19.2 Å². The van der Waals surface area contributed by atoms with Crippen molar-refractivity contribution in [2.24, 2.45) is 5.73 Å². The molecule has 3 amide bonds. The van der Waals surface area contributed by atoms with E-state index < -0.39 is 11.9 Å². The number of ketones is 1. The fourth-order valence-corrected chi connectivity index (χ4v) is 5.42. The highest BCUT2D eigenvalue weighted by molar-refractivity contribution is 7.98. The van der Waals surface area contributed by atoms with Crippen LogP contribution in [0.1, 0.15) is 39.1 Å². The van der Waals surface area contributed by atoms with Crippen molar-refractivity contribution in [1.29, 1.82) is 0 Å². The fourth-order valence-electron chi connectivity index (χ4n) is 4.49. The van der Waals surface area contributed by atoms with Crippen molar-refractivity contribution >= 4 is 35.3 Å². The molecule has 0 bridgehead atoms. The maximum absolute atomic E-state index is 12.9. The smallest absolute Gasteiger partial charge is 0.254 e. The van der Waals surface area contributed by atoms with Crippen molar-refractivity contribution in [3.8, 4) is 0 Å². The van der Waals surface area contributed by atoms with Crippen LogP contribution in [0.4, 0.5) is 0 Å². The van der Waals surface area contributed by atoms with E-state index in [1.807, 2.05) is 18.2 Å². The van der Waals surface area contributed by atoms with E-state index in [-0.39, 0.29) is 30.2 Å². The molecule has 2 N–H and O–H groups in total. The van der Waals surface area contributed by atoms with Gasteiger partial charge in [0.25, 0.3) is 5.91 Å². The molecule has 0 spiro atoms. The number of carbonyl (C=O) groups excluding carboxylic acids is 4. The lowest BCUT2D eigenvalue weighted by atomic mass is 10.1. The third-order valence-electron chi connectivity index (χ3n) is 6.03. The molecule has 2 saturated heterocycles. The summed E-state index contributed by atoms with van der Waals surface area (Å²) < 4.78 is 0. The zero-order valence-electron chi connectivity index (χ0n) is 17.6. The van der Waals surface area contributed by atoms with Gasteiger partial charge in [0.15, 0.2) is 5.78 Å². The zero-order chi connectivity index (χ0) is 22.7. The van der Waals surface area contributed by atoms with Gasteiger partial charge in [0.2, 0.25) is 11.8 Å². The van der Waals surface area contributed by atoms with E-state index >= 15 is 0 Å². The molecule has 2 aromatic carbocycles. The molecule has 8 heteroatoms. The summed E-state index contributed by atoms with van der Waals surface area (Å²) in [4.78, 5) is 53.2. The number of carbonyl (C=O) groups is 4. The lowest BCUT2D eigenvalue weighted by Crippen LogP contribution is -2.43. The van der Waals surface area contributed by atoms with Gasteiger partial charge in [0, 0.05) is 35.6 Å². The molecule has 4 rings (SSSR count). The van der Waals surface area contributed by atoms with Gasteiger partial charge < -0.3 is 15.5 Å². The molecule has 0 radical (unpaired) electrons. The van der Waals surface area contributed by atoms with Crippen LogP contribution in [-0.2, 0) is 15.3 Å². The van der Waals surface area contributed by atoms with Crippen molar-refractivity contribution in [1.82, 2.24) is 9.80 Å². The first-order valence-corrected chi connectivity index (χ1v) is 11.8. The largest absolute Gasteiger partial charge is 0.366 e. The number of amides is 3. The Balaban J connectivity index is 1.32. The molecule has 0 aromatic heterocycles. The predicted octanol–water partition coefficient (Wildman–Crippen LogP) is 2.10. The minimum absolute atomic E-state index is 0.0471. The number of fused-ring (bicyclic) bond motifs is 1. The minimum Gasteiger partial charge on any atom is -0.366 e. The molecule has 2 fully saturated rings. The molecule has 32 heavy (non-hydrogen) atoms. The van der Waals surface area contributed by atoms with Crippen molar-refractivity contribution in [2.45, 2.75) is 30.7 Å². The molecular formula is C24H25N3O4S. The quantitative estimate of drug-likeness (QED) is 0.650. The van der Waals surface area contributed by atoms with Gasteiger partial charge in [-0.25, -0.2) is 0 Å². The summed E-state index contributed by atoms with van der Waals surface area (Å²) in [7, 11) is 0. The maximum atomic E-state index is 12.9. The topological polar surface area (TPSA) is 101 Å². The Bertz CT molecular complexity index is 1040. The summed E-state index contributed by atoms with van der Waals surface area (Å²) in [5, 5.41) is 0. The molecular weight excluding hydrogens is 426 g/mol. The Morgan fingerprint density at radius 1 is 1.00 bits per heavy atom. The fraction of sp³-hybridized carbons (Fsp3) is 0.333. The Labute approximate surface area is 190 Å². The van der Waals surface area contributed by atoms with Crippen LogP contribution in [0, 0.1) is 0 Å². The van der Waals surface area contributed by atoms with Gasteiger partial charge in [0.1, 0.15) is 6.04 Å². The number of rotatable bonds is 7. The number of hydrogen-bond acceptors (Lipinski definition) is 5. The number of thioether (sulfide) groups is 1. The number of likely N-dealkylation sites (tertiary alicyclic amines) is 2. The summed E-state index contributed by atoms with van der Waals surface area (Å²) in [6, 6.07) is 15.3.